The van der Waals surface area contributed by atoms with Crippen molar-refractivity contribution in [3.8, 4) is 0 Å². The van der Waals surface area contributed by atoms with Crippen LogP contribution in [0, 0.1) is 0 Å². The number of likely N-dealkylation sites (N-methyl/N-ethyl adjacent to an activating group) is 1. The van der Waals surface area contributed by atoms with Crippen molar-refractivity contribution in [2.45, 2.75) is 334 Å². The van der Waals surface area contributed by atoms with E-state index in [0.29, 0.717) is 17.4 Å². The number of unbranched alkanes of at least 4 members (excludes halogenated alkanes) is 33. The Morgan fingerprint density at radius 1 is 0.323 bits per heavy atom. The molecule has 0 aromatic carbocycles. The van der Waals surface area contributed by atoms with Crippen LogP contribution < -0.4 is 5.11 Å². The van der Waals surface area contributed by atoms with Crippen LogP contribution >= 0.6 is 0 Å². The second-order valence-electron chi connectivity index (χ2n) is 26.5. The number of ether oxygens (including phenoxy) is 4. The van der Waals surface area contributed by atoms with Gasteiger partial charge in [0.25, 0.3) is 0 Å². The molecule has 0 saturated carbocycles. The van der Waals surface area contributed by atoms with Crippen LogP contribution in [-0.4, -0.2) is 82.3 Å². The lowest BCUT2D eigenvalue weighted by atomic mass is 10.0. The van der Waals surface area contributed by atoms with E-state index in [9.17, 15) is 19.5 Å². The molecule has 0 saturated heterocycles. The topological polar surface area (TPSA) is 111 Å². The average Bonchev–Trinajstić information content (AvgIpc) is 3.73. The number of carboxylic acid groups (broad SMARTS) is 1. The zero-order chi connectivity index (χ0) is 67.5. The van der Waals surface area contributed by atoms with Crippen LogP contribution in [0.5, 0.6) is 0 Å². The quantitative estimate of drug-likeness (QED) is 0.0195. The summed E-state index contributed by atoms with van der Waals surface area (Å²) in [6.45, 7) is 4.55. The maximum atomic E-state index is 13.0. The lowest BCUT2D eigenvalue weighted by Crippen LogP contribution is -2.44. The molecule has 0 N–H and O–H groups in total. The van der Waals surface area contributed by atoms with Gasteiger partial charge in [-0.2, -0.15) is 0 Å². The smallest absolute Gasteiger partial charge is 0.306 e. The summed E-state index contributed by atoms with van der Waals surface area (Å²) < 4.78 is 22.9. The minimum atomic E-state index is -1.63. The first-order valence-electron chi connectivity index (χ1n) is 38.3. The van der Waals surface area contributed by atoms with Gasteiger partial charge in [-0.25, -0.2) is 0 Å². The van der Waals surface area contributed by atoms with Crippen molar-refractivity contribution in [1.82, 2.24) is 0 Å². The highest BCUT2D eigenvalue weighted by Crippen LogP contribution is 2.18. The molecule has 93 heavy (non-hydrogen) atoms. The monoisotopic (exact) mass is 1290 g/mol. The van der Waals surface area contributed by atoms with Crippen molar-refractivity contribution in [3.63, 3.8) is 0 Å². The lowest BCUT2D eigenvalue weighted by Gasteiger charge is -2.26. The number of quaternary nitrogens is 1. The van der Waals surface area contributed by atoms with Gasteiger partial charge in [0, 0.05) is 12.8 Å². The zero-order valence-corrected chi connectivity index (χ0v) is 60.8. The minimum absolute atomic E-state index is 0.144. The summed E-state index contributed by atoms with van der Waals surface area (Å²) in [5.41, 5.74) is 0. The molecule has 0 aliphatic heterocycles. The highest BCUT2D eigenvalue weighted by molar-refractivity contribution is 5.70. The molecule has 0 spiro atoms. The van der Waals surface area contributed by atoms with E-state index in [1.807, 2.05) is 21.1 Å². The van der Waals surface area contributed by atoms with Crippen LogP contribution in [0.1, 0.15) is 322 Å². The second-order valence-corrected chi connectivity index (χ2v) is 26.5. The molecule has 9 nitrogen and oxygen atoms in total. The number of allylic oxidation sites excluding steroid dienone is 22. The lowest BCUT2D eigenvalue weighted by molar-refractivity contribution is -0.870. The number of carboxylic acids is 1. The Labute approximate surface area is 573 Å². The van der Waals surface area contributed by atoms with Crippen LogP contribution in [0.3, 0.4) is 0 Å². The maximum absolute atomic E-state index is 13.0. The van der Waals surface area contributed by atoms with Gasteiger partial charge in [-0.1, -0.05) is 334 Å². The third-order valence-electron chi connectivity index (χ3n) is 16.4. The summed E-state index contributed by atoms with van der Waals surface area (Å²) in [6.07, 6.45) is 103. The normalized spacial score (nSPS) is 13.4. The highest BCUT2D eigenvalue weighted by atomic mass is 16.7. The number of hydrogen-bond acceptors (Lipinski definition) is 8. The molecular weight excluding hydrogens is 1150 g/mol. The Morgan fingerprint density at radius 2 is 0.581 bits per heavy atom. The molecule has 0 aliphatic rings. The van der Waals surface area contributed by atoms with Gasteiger partial charge < -0.3 is 33.3 Å². The Kier molecular flexibility index (Phi) is 69.6. The number of nitrogens with zero attached hydrogens (tertiary/aromatic N) is 1. The predicted octanol–water partition coefficient (Wildman–Crippen LogP) is 23.1. The first-order valence-corrected chi connectivity index (χ1v) is 38.3. The summed E-state index contributed by atoms with van der Waals surface area (Å²) in [5.74, 6) is -2.27. The molecule has 0 amide bonds. The van der Waals surface area contributed by atoms with Gasteiger partial charge in [0.2, 0.25) is 0 Å². The maximum Gasteiger partial charge on any atom is 0.306 e. The Balaban J connectivity index is 4.06. The molecule has 0 rings (SSSR count). The molecule has 0 radical (unpaired) electrons. The third kappa shape index (κ3) is 74.7. The summed E-state index contributed by atoms with van der Waals surface area (Å²) in [7, 11) is 5.94. The minimum Gasteiger partial charge on any atom is -0.545 e. The largest absolute Gasteiger partial charge is 0.545 e. The van der Waals surface area contributed by atoms with Crippen molar-refractivity contribution in [1.29, 1.82) is 0 Å². The number of carbonyl (C=O) groups excluding carboxylic acids is 3. The van der Waals surface area contributed by atoms with Crippen LogP contribution in [0.4, 0.5) is 0 Å². The van der Waals surface area contributed by atoms with Gasteiger partial charge >= 0.3 is 11.9 Å². The number of rotatable bonds is 70. The predicted molar refractivity (Wildman–Crippen MR) is 398 cm³/mol. The van der Waals surface area contributed by atoms with E-state index in [4.69, 9.17) is 18.9 Å². The van der Waals surface area contributed by atoms with Crippen LogP contribution in [0.25, 0.3) is 0 Å². The molecule has 0 bridgehead atoms. The SMILES string of the molecule is CC/C=C\C/C=C\C/C=C\C/C=C\C/C=C\C/C=C\C/C=C\CCCCCCCCCCCCCCCCCC(=O)OC(COC(=O)CCCCCCCCCCCCCCCCCCCC/C=C\C/C=C\C/C=C\C/C=C\CC)COC(OCC[N+](C)(C)C)C(=O)[O-]. The van der Waals surface area contributed by atoms with Crippen LogP contribution in [0.15, 0.2) is 134 Å². The molecule has 2 atom stereocenters. The van der Waals surface area contributed by atoms with Crippen molar-refractivity contribution in [2.75, 3.05) is 47.5 Å². The van der Waals surface area contributed by atoms with Gasteiger partial charge in [0.1, 0.15) is 13.2 Å². The van der Waals surface area contributed by atoms with E-state index in [1.165, 1.54) is 180 Å². The first kappa shape index (κ1) is 88.4. The third-order valence-corrected chi connectivity index (χ3v) is 16.4. The molecule has 0 heterocycles. The highest BCUT2D eigenvalue weighted by Gasteiger charge is 2.22. The van der Waals surface area contributed by atoms with E-state index in [-0.39, 0.29) is 38.6 Å². The van der Waals surface area contributed by atoms with Gasteiger partial charge in [-0.15, -0.1) is 0 Å². The zero-order valence-electron chi connectivity index (χ0n) is 60.8. The second kappa shape index (κ2) is 73.2. The van der Waals surface area contributed by atoms with Crippen molar-refractivity contribution in [3.05, 3.63) is 134 Å². The number of hydrogen-bond donors (Lipinski definition) is 0. The molecule has 532 valence electrons. The van der Waals surface area contributed by atoms with E-state index in [1.54, 1.807) is 0 Å². The fourth-order valence-corrected chi connectivity index (χ4v) is 10.6. The summed E-state index contributed by atoms with van der Waals surface area (Å²) >= 11 is 0. The molecule has 9 heteroatoms. The van der Waals surface area contributed by atoms with Crippen LogP contribution in [0.2, 0.25) is 0 Å². The first-order chi connectivity index (χ1) is 45.6. The van der Waals surface area contributed by atoms with Crippen molar-refractivity contribution < 1.29 is 42.9 Å². The van der Waals surface area contributed by atoms with E-state index in [0.717, 1.165) is 109 Å². The van der Waals surface area contributed by atoms with Gasteiger partial charge in [0.05, 0.1) is 40.3 Å². The molecular formula is C84H143NO8. The molecule has 2 unspecified atom stereocenters. The van der Waals surface area contributed by atoms with E-state index in [2.05, 4.69) is 148 Å². The van der Waals surface area contributed by atoms with Gasteiger partial charge in [-0.05, 0) is 109 Å². The van der Waals surface area contributed by atoms with Crippen LogP contribution in [-0.2, 0) is 33.3 Å². The fourth-order valence-electron chi connectivity index (χ4n) is 10.6. The molecule has 0 aromatic rings. The summed E-state index contributed by atoms with van der Waals surface area (Å²) in [6, 6.07) is 0. The number of aliphatic carboxylic acids is 1. The summed E-state index contributed by atoms with van der Waals surface area (Å²) in [4.78, 5) is 37.6. The molecule has 0 fully saturated rings. The summed E-state index contributed by atoms with van der Waals surface area (Å²) in [5, 5.41) is 11.9. The fraction of sp³-hybridized carbons (Fsp3) is 0.702. The van der Waals surface area contributed by atoms with Gasteiger partial charge in [0.15, 0.2) is 12.4 Å². The van der Waals surface area contributed by atoms with E-state index >= 15 is 0 Å². The Bertz CT molecular complexity index is 2000. The number of carbonyl (C=O) groups is 3. The molecule has 0 aromatic heterocycles. The Hall–Kier alpha value is -4.57. The Morgan fingerprint density at radius 3 is 0.860 bits per heavy atom. The standard InChI is InChI=1S/C84H143NO8/c1-6-8-10-12-14-16-18-20-22-24-26-28-30-32-34-36-38-39-40-41-42-43-45-47-49-51-53-55-57-59-61-63-65-67-69-71-73-75-82(87)93-80(79-92-84(83(88)89)90-77-76-85(3,4)5)78-91-81(86)74-72-70-68-66-64-62-60-58-56-54-52-50-48-46-44-37-35-33-31-29-27-25-23-21-19-17-15-13-11-9-7-2/h8-11,14-17,20-23,26-29,32,34,38-39,41-42,80,84H,6-7,12-13,18-19,24-25,30-31,33,35-37,40,43-79H2,1-5H3/b10-8-,11-9-,16-14-,17-15-,22-20-,23-21-,28-26-,29-27-,34-32-,39-38-,42-41-. The van der Waals surface area contributed by atoms with Crippen molar-refractivity contribution >= 4 is 17.9 Å². The average molecular weight is 1300 g/mol. The molecule has 0 aliphatic carbocycles. The van der Waals surface area contributed by atoms with Crippen molar-refractivity contribution in [2.24, 2.45) is 0 Å². The van der Waals surface area contributed by atoms with E-state index < -0.39 is 24.3 Å². The van der Waals surface area contributed by atoms with Gasteiger partial charge in [-0.3, -0.25) is 9.59 Å². The number of esters is 2.